The largest absolute Gasteiger partial charge is 0.397 e. The molecule has 4 heteroatoms. The Balaban J connectivity index is 2.04. The molecule has 0 atom stereocenters. The van der Waals surface area contributed by atoms with Crippen LogP contribution in [-0.4, -0.2) is 5.01 Å². The molecular formula is C15H16BrN3. The number of nitrogens with two attached hydrogens (primary N) is 2. The fraction of sp³-hybridized carbons (Fsp3) is 0.0667. The summed E-state index contributed by atoms with van der Waals surface area (Å²) >= 11 is 3.41. The fourth-order valence-corrected chi connectivity index (χ4v) is 1.99. The SMILES string of the molecule is N/C(=C\N(N)Cc1ccc(Br)cc1)c1ccccc1. The summed E-state index contributed by atoms with van der Waals surface area (Å²) in [7, 11) is 0. The van der Waals surface area contributed by atoms with Crippen molar-refractivity contribution in [3.05, 3.63) is 76.4 Å². The third-order valence-electron chi connectivity index (χ3n) is 2.69. The maximum atomic E-state index is 6.01. The summed E-state index contributed by atoms with van der Waals surface area (Å²) in [6.07, 6.45) is 1.75. The monoisotopic (exact) mass is 317 g/mol. The van der Waals surface area contributed by atoms with Crippen LogP contribution < -0.4 is 11.6 Å². The molecule has 0 aliphatic rings. The maximum Gasteiger partial charge on any atom is 0.0586 e. The molecule has 4 N–H and O–H groups in total. The van der Waals surface area contributed by atoms with Crippen molar-refractivity contribution in [2.24, 2.45) is 11.6 Å². The molecular weight excluding hydrogens is 302 g/mol. The summed E-state index contributed by atoms with van der Waals surface area (Å²) in [5.74, 6) is 5.95. The molecule has 0 saturated heterocycles. The molecule has 0 bridgehead atoms. The fourth-order valence-electron chi connectivity index (χ4n) is 1.73. The quantitative estimate of drug-likeness (QED) is 0.673. The standard InChI is InChI=1S/C15H16BrN3/c16-14-8-6-12(7-9-14)10-19(18)11-15(17)13-4-2-1-3-5-13/h1-9,11H,10,17-18H2/b15-11-. The van der Waals surface area contributed by atoms with Crippen molar-refractivity contribution in [1.82, 2.24) is 5.01 Å². The number of benzene rings is 2. The zero-order valence-electron chi connectivity index (χ0n) is 10.5. The highest BCUT2D eigenvalue weighted by molar-refractivity contribution is 9.10. The van der Waals surface area contributed by atoms with Crippen LogP contribution in [0.4, 0.5) is 0 Å². The Bertz CT molecular complexity index is 549. The van der Waals surface area contributed by atoms with Crippen molar-refractivity contribution in [2.45, 2.75) is 6.54 Å². The minimum absolute atomic E-state index is 0.612. The molecule has 19 heavy (non-hydrogen) atoms. The van der Waals surface area contributed by atoms with Crippen LogP contribution in [0.5, 0.6) is 0 Å². The average Bonchev–Trinajstić information content (AvgIpc) is 2.42. The van der Waals surface area contributed by atoms with E-state index in [4.69, 9.17) is 11.6 Å². The predicted molar refractivity (Wildman–Crippen MR) is 82.5 cm³/mol. The molecule has 0 aliphatic carbocycles. The lowest BCUT2D eigenvalue weighted by Gasteiger charge is -2.15. The van der Waals surface area contributed by atoms with Crippen molar-refractivity contribution in [3.63, 3.8) is 0 Å². The minimum atomic E-state index is 0.612. The first-order valence-corrected chi connectivity index (χ1v) is 6.73. The van der Waals surface area contributed by atoms with Gasteiger partial charge in [0.15, 0.2) is 0 Å². The van der Waals surface area contributed by atoms with Crippen LogP contribution in [0.15, 0.2) is 65.3 Å². The van der Waals surface area contributed by atoms with Crippen molar-refractivity contribution in [3.8, 4) is 0 Å². The lowest BCUT2D eigenvalue weighted by Crippen LogP contribution is -2.25. The third-order valence-corrected chi connectivity index (χ3v) is 3.22. The van der Waals surface area contributed by atoms with E-state index in [1.54, 1.807) is 11.2 Å². The number of hydrogen-bond acceptors (Lipinski definition) is 3. The zero-order chi connectivity index (χ0) is 13.7. The zero-order valence-corrected chi connectivity index (χ0v) is 12.0. The van der Waals surface area contributed by atoms with Gasteiger partial charge in [-0.3, -0.25) is 0 Å². The van der Waals surface area contributed by atoms with Gasteiger partial charge in [0.05, 0.1) is 12.2 Å². The van der Waals surface area contributed by atoms with Gasteiger partial charge in [-0.25, -0.2) is 5.84 Å². The van der Waals surface area contributed by atoms with E-state index in [9.17, 15) is 0 Å². The topological polar surface area (TPSA) is 55.3 Å². The molecule has 0 heterocycles. The van der Waals surface area contributed by atoms with Crippen LogP contribution in [0.3, 0.4) is 0 Å². The smallest absolute Gasteiger partial charge is 0.0586 e. The summed E-state index contributed by atoms with van der Waals surface area (Å²) in [5, 5.41) is 1.59. The van der Waals surface area contributed by atoms with Gasteiger partial charge in [0, 0.05) is 10.7 Å². The van der Waals surface area contributed by atoms with Gasteiger partial charge in [-0.05, 0) is 23.3 Å². The molecule has 0 radical (unpaired) electrons. The molecule has 0 amide bonds. The van der Waals surface area contributed by atoms with Gasteiger partial charge in [-0.1, -0.05) is 58.4 Å². The molecule has 2 rings (SSSR count). The Morgan fingerprint density at radius 2 is 1.68 bits per heavy atom. The van der Waals surface area contributed by atoms with Crippen LogP contribution in [0, 0.1) is 0 Å². The molecule has 0 spiro atoms. The van der Waals surface area contributed by atoms with Crippen LogP contribution >= 0.6 is 15.9 Å². The number of halogens is 1. The van der Waals surface area contributed by atoms with Crippen molar-refractivity contribution in [2.75, 3.05) is 0 Å². The van der Waals surface area contributed by atoms with Crippen LogP contribution in [0.1, 0.15) is 11.1 Å². The van der Waals surface area contributed by atoms with E-state index in [1.807, 2.05) is 54.6 Å². The number of hydrazine groups is 1. The normalized spacial score (nSPS) is 11.4. The van der Waals surface area contributed by atoms with Crippen LogP contribution in [0.2, 0.25) is 0 Å². The molecule has 0 aliphatic heterocycles. The van der Waals surface area contributed by atoms with Gasteiger partial charge >= 0.3 is 0 Å². The summed E-state index contributed by atoms with van der Waals surface area (Å²) in [4.78, 5) is 0. The molecule has 0 unspecified atom stereocenters. The summed E-state index contributed by atoms with van der Waals surface area (Å²) in [5.41, 5.74) is 8.75. The second kappa shape index (κ2) is 6.41. The number of nitrogens with zero attached hydrogens (tertiary/aromatic N) is 1. The van der Waals surface area contributed by atoms with E-state index in [1.165, 1.54) is 0 Å². The Morgan fingerprint density at radius 1 is 1.05 bits per heavy atom. The van der Waals surface area contributed by atoms with Gasteiger partial charge < -0.3 is 10.7 Å². The molecule has 2 aromatic rings. The van der Waals surface area contributed by atoms with E-state index < -0.39 is 0 Å². The highest BCUT2D eigenvalue weighted by atomic mass is 79.9. The molecule has 98 valence electrons. The van der Waals surface area contributed by atoms with E-state index in [0.29, 0.717) is 12.2 Å². The van der Waals surface area contributed by atoms with Gasteiger partial charge in [0.2, 0.25) is 0 Å². The Labute approximate surface area is 121 Å². The molecule has 0 aromatic heterocycles. The Morgan fingerprint density at radius 3 is 2.32 bits per heavy atom. The van der Waals surface area contributed by atoms with Crippen LogP contribution in [0.25, 0.3) is 5.70 Å². The summed E-state index contributed by atoms with van der Waals surface area (Å²) in [6.45, 7) is 0.612. The second-order valence-electron chi connectivity index (χ2n) is 4.25. The predicted octanol–water partition coefficient (Wildman–Crippen LogP) is 3.08. The Hall–Kier alpha value is -1.78. The summed E-state index contributed by atoms with van der Waals surface area (Å²) in [6, 6.07) is 17.8. The van der Waals surface area contributed by atoms with E-state index >= 15 is 0 Å². The molecule has 0 saturated carbocycles. The highest BCUT2D eigenvalue weighted by Crippen LogP contribution is 2.13. The number of rotatable bonds is 4. The third kappa shape index (κ3) is 4.12. The van der Waals surface area contributed by atoms with Gasteiger partial charge in [-0.2, -0.15) is 0 Å². The lowest BCUT2D eigenvalue weighted by atomic mass is 10.2. The van der Waals surface area contributed by atoms with Gasteiger partial charge in [-0.15, -0.1) is 0 Å². The van der Waals surface area contributed by atoms with Gasteiger partial charge in [0.1, 0.15) is 0 Å². The first-order chi connectivity index (χ1) is 9.15. The molecule has 0 fully saturated rings. The Kier molecular flexibility index (Phi) is 4.60. The first kappa shape index (κ1) is 13.6. The van der Waals surface area contributed by atoms with Crippen molar-refractivity contribution < 1.29 is 0 Å². The summed E-state index contributed by atoms with van der Waals surface area (Å²) < 4.78 is 1.05. The minimum Gasteiger partial charge on any atom is -0.397 e. The second-order valence-corrected chi connectivity index (χ2v) is 5.16. The lowest BCUT2D eigenvalue weighted by molar-refractivity contribution is 0.388. The van der Waals surface area contributed by atoms with Gasteiger partial charge in [0.25, 0.3) is 0 Å². The average molecular weight is 318 g/mol. The van der Waals surface area contributed by atoms with E-state index in [-0.39, 0.29) is 0 Å². The highest BCUT2D eigenvalue weighted by Gasteiger charge is 2.00. The maximum absolute atomic E-state index is 6.01. The number of hydrogen-bond donors (Lipinski definition) is 2. The first-order valence-electron chi connectivity index (χ1n) is 5.93. The molecule has 3 nitrogen and oxygen atoms in total. The van der Waals surface area contributed by atoms with Crippen molar-refractivity contribution >= 4 is 21.6 Å². The van der Waals surface area contributed by atoms with E-state index in [2.05, 4.69) is 15.9 Å². The van der Waals surface area contributed by atoms with Crippen molar-refractivity contribution in [1.29, 1.82) is 0 Å². The van der Waals surface area contributed by atoms with E-state index in [0.717, 1.165) is 15.6 Å². The van der Waals surface area contributed by atoms with Crippen LogP contribution in [-0.2, 0) is 6.54 Å². The molecule has 2 aromatic carbocycles.